The average Bonchev–Trinajstić information content (AvgIpc) is 2.29. The second-order valence-corrected chi connectivity index (χ2v) is 7.53. The molecular formula is C16H25BrN3O2+. The highest BCUT2D eigenvalue weighted by Gasteiger charge is 2.19. The minimum atomic E-state index is -0.256. The molecule has 1 aromatic carbocycles. The van der Waals surface area contributed by atoms with Crippen molar-refractivity contribution in [3.63, 3.8) is 0 Å². The van der Waals surface area contributed by atoms with Crippen molar-refractivity contribution >= 4 is 33.4 Å². The predicted molar refractivity (Wildman–Crippen MR) is 92.0 cm³/mol. The molecular weight excluding hydrogens is 346 g/mol. The van der Waals surface area contributed by atoms with Gasteiger partial charge in [-0.2, -0.15) is 0 Å². The summed E-state index contributed by atoms with van der Waals surface area (Å²) in [6.07, 6.45) is 0. The van der Waals surface area contributed by atoms with Gasteiger partial charge in [0.05, 0.1) is 7.05 Å². The molecule has 0 aliphatic rings. The molecule has 2 amide bonds. The summed E-state index contributed by atoms with van der Waals surface area (Å²) in [6.45, 7) is 8.25. The van der Waals surface area contributed by atoms with Gasteiger partial charge in [-0.05, 0) is 51.5 Å². The molecule has 0 aromatic heterocycles. The van der Waals surface area contributed by atoms with E-state index in [-0.39, 0.29) is 30.4 Å². The Bertz CT molecular complexity index is 553. The maximum atomic E-state index is 12.1. The van der Waals surface area contributed by atoms with Crippen LogP contribution in [0.4, 0.5) is 5.69 Å². The normalized spacial score (nSPS) is 12.6. The van der Waals surface area contributed by atoms with E-state index < -0.39 is 0 Å². The zero-order valence-electron chi connectivity index (χ0n) is 13.8. The summed E-state index contributed by atoms with van der Waals surface area (Å²) in [4.78, 5) is 24.7. The molecule has 22 heavy (non-hydrogen) atoms. The molecule has 0 radical (unpaired) electrons. The number of rotatable bonds is 5. The Morgan fingerprint density at radius 2 is 1.77 bits per heavy atom. The number of hydrogen-bond acceptors (Lipinski definition) is 2. The third kappa shape index (κ3) is 7.04. The average molecular weight is 371 g/mol. The molecule has 0 aliphatic carbocycles. The highest BCUT2D eigenvalue weighted by molar-refractivity contribution is 9.10. The Balaban J connectivity index is 2.49. The summed E-state index contributed by atoms with van der Waals surface area (Å²) in [6, 6.07) is 5.69. The molecule has 1 rings (SSSR count). The monoisotopic (exact) mass is 370 g/mol. The predicted octanol–water partition coefficient (Wildman–Crippen LogP) is 1.13. The van der Waals surface area contributed by atoms with Gasteiger partial charge in [-0.25, -0.2) is 0 Å². The minimum Gasteiger partial charge on any atom is -0.347 e. The Morgan fingerprint density at radius 3 is 2.32 bits per heavy atom. The molecule has 0 aliphatic heterocycles. The topological polar surface area (TPSA) is 62.6 Å². The number of halogens is 1. The van der Waals surface area contributed by atoms with Gasteiger partial charge >= 0.3 is 0 Å². The Kier molecular flexibility index (Phi) is 6.56. The first-order valence-electron chi connectivity index (χ1n) is 7.25. The molecule has 3 N–H and O–H groups in total. The van der Waals surface area contributed by atoms with Crippen LogP contribution in [0.15, 0.2) is 22.7 Å². The number of benzene rings is 1. The molecule has 0 bridgehead atoms. The lowest BCUT2D eigenvalue weighted by atomic mass is 10.1. The van der Waals surface area contributed by atoms with Crippen LogP contribution in [0, 0.1) is 6.92 Å². The van der Waals surface area contributed by atoms with Crippen molar-refractivity contribution in [2.45, 2.75) is 33.2 Å². The number of quaternary nitrogens is 1. The van der Waals surface area contributed by atoms with Crippen LogP contribution in [0.2, 0.25) is 0 Å². The highest BCUT2D eigenvalue weighted by Crippen LogP contribution is 2.19. The zero-order valence-corrected chi connectivity index (χ0v) is 15.4. The number of nitrogens with one attached hydrogen (secondary N) is 3. The molecule has 1 unspecified atom stereocenters. The van der Waals surface area contributed by atoms with Crippen LogP contribution in [-0.2, 0) is 9.59 Å². The number of hydrogen-bond donors (Lipinski definition) is 3. The number of likely N-dealkylation sites (N-methyl/N-ethyl adjacent to an activating group) is 1. The number of aryl methyl sites for hydroxylation is 1. The molecule has 0 heterocycles. The van der Waals surface area contributed by atoms with Crippen LogP contribution >= 0.6 is 15.9 Å². The first-order chi connectivity index (χ1) is 10.1. The molecule has 0 spiro atoms. The van der Waals surface area contributed by atoms with Crippen molar-refractivity contribution in [3.05, 3.63) is 28.2 Å². The van der Waals surface area contributed by atoms with Gasteiger partial charge in [0.15, 0.2) is 13.1 Å². The summed E-state index contributed by atoms with van der Waals surface area (Å²) in [7, 11) is 1.83. The highest BCUT2D eigenvalue weighted by atomic mass is 79.9. The Morgan fingerprint density at radius 1 is 1.18 bits per heavy atom. The molecule has 122 valence electrons. The molecule has 1 atom stereocenters. The fourth-order valence-corrected chi connectivity index (χ4v) is 2.51. The second kappa shape index (κ2) is 7.74. The van der Waals surface area contributed by atoms with Gasteiger partial charge in [-0.3, -0.25) is 9.59 Å². The van der Waals surface area contributed by atoms with Crippen LogP contribution in [-0.4, -0.2) is 37.5 Å². The second-order valence-electron chi connectivity index (χ2n) is 6.62. The molecule has 0 saturated carbocycles. The lowest BCUT2D eigenvalue weighted by Crippen LogP contribution is -3.11. The van der Waals surface area contributed by atoms with Gasteiger partial charge in [0, 0.05) is 15.7 Å². The number of amides is 2. The van der Waals surface area contributed by atoms with Crippen LogP contribution in [0.3, 0.4) is 0 Å². The van der Waals surface area contributed by atoms with Crippen molar-refractivity contribution < 1.29 is 14.5 Å². The van der Waals surface area contributed by atoms with Crippen LogP contribution in [0.25, 0.3) is 0 Å². The largest absolute Gasteiger partial charge is 0.347 e. The summed E-state index contributed by atoms with van der Waals surface area (Å²) in [5.74, 6) is -0.163. The summed E-state index contributed by atoms with van der Waals surface area (Å²) >= 11 is 3.39. The van der Waals surface area contributed by atoms with Gasteiger partial charge in [0.25, 0.3) is 11.8 Å². The Labute approximate surface area is 140 Å². The molecule has 1 aromatic rings. The van der Waals surface area contributed by atoms with E-state index in [0.29, 0.717) is 0 Å². The van der Waals surface area contributed by atoms with E-state index in [9.17, 15) is 9.59 Å². The van der Waals surface area contributed by atoms with E-state index in [4.69, 9.17) is 0 Å². The SMILES string of the molecule is Cc1cc(Br)ccc1NC(=O)C[NH+](C)CC(=O)NC(C)(C)C. The standard InChI is InChI=1S/C16H24BrN3O2/c1-11-8-12(17)6-7-13(11)18-14(21)9-20(5)10-15(22)19-16(2,3)4/h6-8H,9-10H2,1-5H3,(H,18,21)(H,19,22)/p+1. The zero-order chi connectivity index (χ0) is 16.9. The van der Waals surface area contributed by atoms with Gasteiger partial charge in [-0.1, -0.05) is 15.9 Å². The summed E-state index contributed by atoms with van der Waals surface area (Å²) in [5.41, 5.74) is 1.53. The minimum absolute atomic E-state index is 0.0578. The van der Waals surface area contributed by atoms with Gasteiger partial charge in [0.2, 0.25) is 0 Å². The summed E-state index contributed by atoms with van der Waals surface area (Å²) in [5, 5.41) is 5.77. The van der Waals surface area contributed by atoms with E-state index in [1.54, 1.807) is 0 Å². The van der Waals surface area contributed by atoms with Crippen LogP contribution < -0.4 is 15.5 Å². The van der Waals surface area contributed by atoms with Gasteiger partial charge in [0.1, 0.15) is 0 Å². The number of anilines is 1. The third-order valence-electron chi connectivity index (χ3n) is 2.90. The number of carbonyl (C=O) groups excluding carboxylic acids is 2. The van der Waals surface area contributed by atoms with E-state index in [1.807, 2.05) is 52.9 Å². The first-order valence-corrected chi connectivity index (χ1v) is 8.04. The maximum Gasteiger partial charge on any atom is 0.279 e. The fourth-order valence-electron chi connectivity index (χ4n) is 2.03. The van der Waals surface area contributed by atoms with E-state index in [1.165, 1.54) is 0 Å². The fraction of sp³-hybridized carbons (Fsp3) is 0.500. The summed E-state index contributed by atoms with van der Waals surface area (Å²) < 4.78 is 0.976. The van der Waals surface area contributed by atoms with Crippen molar-refractivity contribution in [1.82, 2.24) is 5.32 Å². The molecule has 6 heteroatoms. The van der Waals surface area contributed by atoms with Crippen molar-refractivity contribution in [2.24, 2.45) is 0 Å². The third-order valence-corrected chi connectivity index (χ3v) is 3.39. The van der Waals surface area contributed by atoms with E-state index in [0.717, 1.165) is 20.6 Å². The Hall–Kier alpha value is -1.40. The lowest BCUT2D eigenvalue weighted by molar-refractivity contribution is -0.862. The van der Waals surface area contributed by atoms with Crippen LogP contribution in [0.1, 0.15) is 26.3 Å². The van der Waals surface area contributed by atoms with Crippen molar-refractivity contribution in [3.8, 4) is 0 Å². The van der Waals surface area contributed by atoms with Gasteiger partial charge < -0.3 is 15.5 Å². The quantitative estimate of drug-likeness (QED) is 0.727. The van der Waals surface area contributed by atoms with E-state index >= 15 is 0 Å². The van der Waals surface area contributed by atoms with E-state index in [2.05, 4.69) is 26.6 Å². The smallest absolute Gasteiger partial charge is 0.279 e. The molecule has 5 nitrogen and oxygen atoms in total. The van der Waals surface area contributed by atoms with Crippen LogP contribution in [0.5, 0.6) is 0 Å². The molecule has 0 saturated heterocycles. The van der Waals surface area contributed by atoms with Crippen molar-refractivity contribution in [1.29, 1.82) is 0 Å². The lowest BCUT2D eigenvalue weighted by Gasteiger charge is -2.21. The van der Waals surface area contributed by atoms with Crippen molar-refractivity contribution in [2.75, 3.05) is 25.5 Å². The molecule has 0 fully saturated rings. The number of carbonyl (C=O) groups is 2. The maximum absolute atomic E-state index is 12.1. The van der Waals surface area contributed by atoms with Gasteiger partial charge in [-0.15, -0.1) is 0 Å². The first kappa shape index (κ1) is 18.6.